The minimum absolute atomic E-state index is 0.544. The van der Waals surface area contributed by atoms with E-state index in [9.17, 15) is 0 Å². The van der Waals surface area contributed by atoms with E-state index < -0.39 is 0 Å². The summed E-state index contributed by atoms with van der Waals surface area (Å²) in [6, 6.07) is 3.78. The predicted molar refractivity (Wildman–Crippen MR) is 78.6 cm³/mol. The fourth-order valence-corrected chi connectivity index (χ4v) is 2.93. The van der Waals surface area contributed by atoms with Crippen molar-refractivity contribution in [2.75, 3.05) is 12.8 Å². The Bertz CT molecular complexity index is 597. The van der Waals surface area contributed by atoms with Crippen molar-refractivity contribution in [3.63, 3.8) is 0 Å². The van der Waals surface area contributed by atoms with E-state index in [0.717, 1.165) is 17.1 Å². The summed E-state index contributed by atoms with van der Waals surface area (Å²) in [4.78, 5) is 9.00. The van der Waals surface area contributed by atoms with Crippen molar-refractivity contribution in [1.29, 1.82) is 0 Å². The van der Waals surface area contributed by atoms with E-state index in [-0.39, 0.29) is 0 Å². The van der Waals surface area contributed by atoms with Crippen LogP contribution in [0.3, 0.4) is 0 Å². The summed E-state index contributed by atoms with van der Waals surface area (Å²) in [6.45, 7) is 0. The first kappa shape index (κ1) is 13.0. The summed E-state index contributed by atoms with van der Waals surface area (Å²) < 4.78 is 7.10. The average Bonchev–Trinajstić information content (AvgIpc) is 3.10. The van der Waals surface area contributed by atoms with Gasteiger partial charge in [-0.05, 0) is 18.9 Å². The fourth-order valence-electron chi connectivity index (χ4n) is 2.93. The lowest BCUT2D eigenvalue weighted by atomic mass is 10.1. The lowest BCUT2D eigenvalue weighted by Gasteiger charge is -2.08. The molecule has 5 heteroatoms. The zero-order valence-electron chi connectivity index (χ0n) is 12.0. The third-order valence-corrected chi connectivity index (χ3v) is 4.11. The highest BCUT2D eigenvalue weighted by Crippen LogP contribution is 2.36. The van der Waals surface area contributed by atoms with Crippen LogP contribution < -0.4 is 10.5 Å². The first-order valence-electron chi connectivity index (χ1n) is 7.03. The second-order valence-electron chi connectivity index (χ2n) is 5.33. The van der Waals surface area contributed by atoms with Gasteiger partial charge in [-0.2, -0.15) is 0 Å². The number of rotatable bonds is 3. The van der Waals surface area contributed by atoms with Gasteiger partial charge >= 0.3 is 0 Å². The monoisotopic (exact) mass is 272 g/mol. The third-order valence-electron chi connectivity index (χ3n) is 4.11. The van der Waals surface area contributed by atoms with Gasteiger partial charge in [0.2, 0.25) is 5.88 Å². The largest absolute Gasteiger partial charge is 0.481 e. The molecule has 2 aromatic heterocycles. The lowest BCUT2D eigenvalue weighted by Crippen LogP contribution is -2.05. The highest BCUT2D eigenvalue weighted by Gasteiger charge is 2.24. The van der Waals surface area contributed by atoms with Crippen LogP contribution in [0.5, 0.6) is 5.88 Å². The van der Waals surface area contributed by atoms with Crippen LogP contribution in [0.2, 0.25) is 0 Å². The Kier molecular flexibility index (Phi) is 3.34. The van der Waals surface area contributed by atoms with Crippen LogP contribution in [-0.4, -0.2) is 21.6 Å². The molecule has 106 valence electrons. The van der Waals surface area contributed by atoms with Gasteiger partial charge in [-0.15, -0.1) is 0 Å². The molecule has 1 fully saturated rings. The number of nitrogens with zero attached hydrogens (tertiary/aromatic N) is 3. The van der Waals surface area contributed by atoms with E-state index in [0.29, 0.717) is 17.6 Å². The molecule has 0 unspecified atom stereocenters. The Morgan fingerprint density at radius 2 is 2.05 bits per heavy atom. The van der Waals surface area contributed by atoms with Crippen molar-refractivity contribution < 1.29 is 4.74 Å². The molecule has 1 aliphatic rings. The van der Waals surface area contributed by atoms with Crippen molar-refractivity contribution in [3.8, 4) is 17.1 Å². The molecule has 0 radical (unpaired) electrons. The van der Waals surface area contributed by atoms with Crippen LogP contribution in [0.25, 0.3) is 11.3 Å². The Hall–Kier alpha value is -2.04. The van der Waals surface area contributed by atoms with Gasteiger partial charge in [0, 0.05) is 30.8 Å². The lowest BCUT2D eigenvalue weighted by molar-refractivity contribution is 0.398. The van der Waals surface area contributed by atoms with E-state index in [4.69, 9.17) is 15.5 Å². The number of hydrogen-bond acceptors (Lipinski definition) is 4. The summed E-state index contributed by atoms with van der Waals surface area (Å²) in [5, 5.41) is 0. The maximum atomic E-state index is 6.22. The summed E-state index contributed by atoms with van der Waals surface area (Å²) in [7, 11) is 3.60. The molecular formula is C15H20N4O. The number of nitrogen functional groups attached to an aromatic ring is 1. The number of methoxy groups -OCH3 is 1. The van der Waals surface area contributed by atoms with Gasteiger partial charge in [-0.1, -0.05) is 12.8 Å². The molecule has 0 aliphatic heterocycles. The molecule has 1 saturated carbocycles. The second kappa shape index (κ2) is 5.15. The Morgan fingerprint density at radius 3 is 2.65 bits per heavy atom. The van der Waals surface area contributed by atoms with Crippen molar-refractivity contribution in [3.05, 3.63) is 24.2 Å². The third kappa shape index (κ3) is 2.13. The zero-order chi connectivity index (χ0) is 14.1. The molecule has 3 rings (SSSR count). The van der Waals surface area contributed by atoms with E-state index in [1.807, 2.05) is 23.7 Å². The normalized spacial score (nSPS) is 15.7. The van der Waals surface area contributed by atoms with Crippen molar-refractivity contribution in [1.82, 2.24) is 14.5 Å². The minimum atomic E-state index is 0.544. The van der Waals surface area contributed by atoms with E-state index in [2.05, 4.69) is 4.98 Å². The SMILES string of the molecule is COc1ccc(-c2nc(C3CCCC3)n(C)c2N)cn1. The second-order valence-corrected chi connectivity index (χ2v) is 5.33. The van der Waals surface area contributed by atoms with Crippen molar-refractivity contribution in [2.45, 2.75) is 31.6 Å². The molecule has 2 N–H and O–H groups in total. The molecular weight excluding hydrogens is 252 g/mol. The van der Waals surface area contributed by atoms with Crippen LogP contribution in [0.4, 0.5) is 5.82 Å². The Morgan fingerprint density at radius 1 is 1.30 bits per heavy atom. The van der Waals surface area contributed by atoms with E-state index in [1.165, 1.54) is 25.7 Å². The summed E-state index contributed by atoms with van der Waals surface area (Å²) in [6.07, 6.45) is 6.76. The molecule has 0 atom stereocenters. The topological polar surface area (TPSA) is 66.0 Å². The highest BCUT2D eigenvalue weighted by atomic mass is 16.5. The molecule has 2 aromatic rings. The quantitative estimate of drug-likeness (QED) is 0.933. The standard InChI is InChI=1S/C15H20N4O/c1-19-14(16)13(11-7-8-12(20-2)17-9-11)18-15(19)10-5-3-4-6-10/h7-10H,3-6,16H2,1-2H3. The molecule has 5 nitrogen and oxygen atoms in total. The van der Waals surface area contributed by atoms with Crippen LogP contribution >= 0.6 is 0 Å². The van der Waals surface area contributed by atoms with E-state index >= 15 is 0 Å². The first-order valence-corrected chi connectivity index (χ1v) is 7.03. The van der Waals surface area contributed by atoms with Gasteiger partial charge in [-0.25, -0.2) is 9.97 Å². The minimum Gasteiger partial charge on any atom is -0.481 e. The van der Waals surface area contributed by atoms with Gasteiger partial charge in [0.05, 0.1) is 7.11 Å². The number of pyridine rings is 1. The fraction of sp³-hybridized carbons (Fsp3) is 0.467. The smallest absolute Gasteiger partial charge is 0.212 e. The molecule has 0 aromatic carbocycles. The molecule has 1 aliphatic carbocycles. The molecule has 0 spiro atoms. The number of anilines is 1. The van der Waals surface area contributed by atoms with E-state index in [1.54, 1.807) is 13.3 Å². The van der Waals surface area contributed by atoms with Gasteiger partial charge in [0.15, 0.2) is 0 Å². The van der Waals surface area contributed by atoms with Gasteiger partial charge in [0.25, 0.3) is 0 Å². The van der Waals surface area contributed by atoms with Gasteiger partial charge in [-0.3, -0.25) is 0 Å². The Labute approximate surface area is 118 Å². The zero-order valence-corrected chi connectivity index (χ0v) is 12.0. The van der Waals surface area contributed by atoms with Crippen LogP contribution in [-0.2, 0) is 7.05 Å². The summed E-state index contributed by atoms with van der Waals surface area (Å²) >= 11 is 0. The van der Waals surface area contributed by atoms with Gasteiger partial charge < -0.3 is 15.0 Å². The maximum Gasteiger partial charge on any atom is 0.212 e. The number of ether oxygens (including phenoxy) is 1. The average molecular weight is 272 g/mol. The van der Waals surface area contributed by atoms with Gasteiger partial charge in [0.1, 0.15) is 17.3 Å². The van der Waals surface area contributed by atoms with Crippen LogP contribution in [0.15, 0.2) is 18.3 Å². The molecule has 0 bridgehead atoms. The Balaban J connectivity index is 1.98. The molecule has 2 heterocycles. The maximum absolute atomic E-state index is 6.22. The number of hydrogen-bond donors (Lipinski definition) is 1. The number of aromatic nitrogens is 3. The van der Waals surface area contributed by atoms with Crippen molar-refractivity contribution in [2.24, 2.45) is 7.05 Å². The summed E-state index contributed by atoms with van der Waals surface area (Å²) in [5.41, 5.74) is 7.97. The number of imidazole rings is 1. The molecule has 20 heavy (non-hydrogen) atoms. The summed E-state index contributed by atoms with van der Waals surface area (Å²) in [5.74, 6) is 2.95. The van der Waals surface area contributed by atoms with Crippen LogP contribution in [0, 0.1) is 0 Å². The number of nitrogens with two attached hydrogens (primary N) is 1. The highest BCUT2D eigenvalue weighted by molar-refractivity contribution is 5.70. The molecule has 0 saturated heterocycles. The first-order chi connectivity index (χ1) is 9.70. The van der Waals surface area contributed by atoms with Crippen LogP contribution in [0.1, 0.15) is 37.4 Å². The van der Waals surface area contributed by atoms with Crippen molar-refractivity contribution >= 4 is 5.82 Å². The molecule has 0 amide bonds. The predicted octanol–water partition coefficient (Wildman–Crippen LogP) is 2.73.